The smallest absolute Gasteiger partial charge is 0.317 e. The van der Waals surface area contributed by atoms with Gasteiger partial charge in [0.1, 0.15) is 5.82 Å². The molecule has 1 aromatic carbocycles. The average Bonchev–Trinajstić information content (AvgIpc) is 2.48. The SMILES string of the molecule is O=C(NCCc1cccc(F)c1)N1CCCCC1CCO. The summed E-state index contributed by atoms with van der Waals surface area (Å²) in [6, 6.07) is 6.48. The van der Waals surface area contributed by atoms with Crippen LogP contribution in [0, 0.1) is 5.82 Å². The van der Waals surface area contributed by atoms with Crippen molar-refractivity contribution >= 4 is 6.03 Å². The number of nitrogens with zero attached hydrogens (tertiary/aromatic N) is 1. The zero-order chi connectivity index (χ0) is 15.1. The molecule has 1 saturated heterocycles. The van der Waals surface area contributed by atoms with Crippen molar-refractivity contribution in [2.24, 2.45) is 0 Å². The Morgan fingerprint density at radius 2 is 2.29 bits per heavy atom. The lowest BCUT2D eigenvalue weighted by Gasteiger charge is -2.35. The molecule has 1 unspecified atom stereocenters. The van der Waals surface area contributed by atoms with E-state index in [1.807, 2.05) is 11.0 Å². The van der Waals surface area contributed by atoms with Crippen molar-refractivity contribution in [2.75, 3.05) is 19.7 Å². The standard InChI is InChI=1S/C16H23FN2O2/c17-14-5-3-4-13(12-14)7-9-18-16(21)19-10-2-1-6-15(19)8-11-20/h3-5,12,15,20H,1-2,6-11H2,(H,18,21). The number of carbonyl (C=O) groups is 1. The van der Waals surface area contributed by atoms with Crippen LogP contribution in [-0.4, -0.2) is 41.8 Å². The highest BCUT2D eigenvalue weighted by Crippen LogP contribution is 2.19. The van der Waals surface area contributed by atoms with E-state index in [9.17, 15) is 9.18 Å². The maximum atomic E-state index is 13.1. The first-order valence-electron chi connectivity index (χ1n) is 7.60. The van der Waals surface area contributed by atoms with Gasteiger partial charge in [0.05, 0.1) is 0 Å². The Morgan fingerprint density at radius 3 is 3.05 bits per heavy atom. The van der Waals surface area contributed by atoms with Crippen molar-refractivity contribution in [3.8, 4) is 0 Å². The topological polar surface area (TPSA) is 52.6 Å². The highest BCUT2D eigenvalue weighted by atomic mass is 19.1. The Bertz CT molecular complexity index is 465. The summed E-state index contributed by atoms with van der Waals surface area (Å²) in [5.74, 6) is -0.252. The van der Waals surface area contributed by atoms with E-state index in [2.05, 4.69) is 5.32 Å². The van der Waals surface area contributed by atoms with Gasteiger partial charge in [-0.3, -0.25) is 0 Å². The maximum absolute atomic E-state index is 13.1. The molecule has 0 spiro atoms. The molecular weight excluding hydrogens is 271 g/mol. The van der Waals surface area contributed by atoms with Gasteiger partial charge in [0.15, 0.2) is 0 Å². The van der Waals surface area contributed by atoms with Gasteiger partial charge in [0, 0.05) is 25.7 Å². The molecule has 0 radical (unpaired) electrons. The lowest BCUT2D eigenvalue weighted by atomic mass is 10.0. The first kappa shape index (κ1) is 15.8. The van der Waals surface area contributed by atoms with Gasteiger partial charge in [-0.1, -0.05) is 12.1 Å². The van der Waals surface area contributed by atoms with Gasteiger partial charge >= 0.3 is 6.03 Å². The molecule has 2 rings (SSSR count). The first-order valence-corrected chi connectivity index (χ1v) is 7.60. The third-order valence-electron chi connectivity index (χ3n) is 3.93. The number of urea groups is 1. The molecule has 0 bridgehead atoms. The second kappa shape index (κ2) is 7.98. The van der Waals surface area contributed by atoms with Crippen LogP contribution >= 0.6 is 0 Å². The number of halogens is 1. The number of aliphatic hydroxyl groups is 1. The van der Waals surface area contributed by atoms with E-state index < -0.39 is 0 Å². The van der Waals surface area contributed by atoms with Crippen LogP contribution in [0.1, 0.15) is 31.2 Å². The zero-order valence-electron chi connectivity index (χ0n) is 12.2. The fourth-order valence-electron chi connectivity index (χ4n) is 2.82. The van der Waals surface area contributed by atoms with Crippen molar-refractivity contribution in [2.45, 2.75) is 38.1 Å². The van der Waals surface area contributed by atoms with Gasteiger partial charge in [-0.05, 0) is 49.8 Å². The van der Waals surface area contributed by atoms with E-state index in [-0.39, 0.29) is 24.5 Å². The third-order valence-corrected chi connectivity index (χ3v) is 3.93. The number of hydrogen-bond acceptors (Lipinski definition) is 2. The molecule has 1 heterocycles. The normalized spacial score (nSPS) is 18.6. The lowest BCUT2D eigenvalue weighted by Crippen LogP contribution is -2.49. The van der Waals surface area contributed by atoms with Gasteiger partial charge < -0.3 is 15.3 Å². The summed E-state index contributed by atoms with van der Waals surface area (Å²) >= 11 is 0. The molecule has 0 aliphatic carbocycles. The molecule has 1 aliphatic rings. The van der Waals surface area contributed by atoms with Crippen LogP contribution in [0.2, 0.25) is 0 Å². The van der Waals surface area contributed by atoms with Gasteiger partial charge in [0.25, 0.3) is 0 Å². The monoisotopic (exact) mass is 294 g/mol. The Labute approximate surface area is 125 Å². The number of amides is 2. The van der Waals surface area contributed by atoms with Crippen LogP contribution in [-0.2, 0) is 6.42 Å². The van der Waals surface area contributed by atoms with Crippen LogP contribution in [0.3, 0.4) is 0 Å². The van der Waals surface area contributed by atoms with Crippen LogP contribution in [0.5, 0.6) is 0 Å². The van der Waals surface area contributed by atoms with E-state index in [1.54, 1.807) is 6.07 Å². The van der Waals surface area contributed by atoms with Crippen molar-refractivity contribution < 1.29 is 14.3 Å². The summed E-state index contributed by atoms with van der Waals surface area (Å²) in [5, 5.41) is 12.0. The minimum Gasteiger partial charge on any atom is -0.396 e. The highest BCUT2D eigenvalue weighted by Gasteiger charge is 2.25. The number of aliphatic hydroxyl groups excluding tert-OH is 1. The quantitative estimate of drug-likeness (QED) is 0.875. The summed E-state index contributed by atoms with van der Waals surface area (Å²) in [6.45, 7) is 1.35. The second-order valence-corrected chi connectivity index (χ2v) is 5.47. The van der Waals surface area contributed by atoms with E-state index >= 15 is 0 Å². The molecule has 1 fully saturated rings. The molecule has 1 aliphatic heterocycles. The maximum Gasteiger partial charge on any atom is 0.317 e. The number of likely N-dealkylation sites (tertiary alicyclic amines) is 1. The Morgan fingerprint density at radius 1 is 1.43 bits per heavy atom. The Kier molecular flexibility index (Phi) is 5.99. The molecule has 116 valence electrons. The molecule has 2 N–H and O–H groups in total. The molecule has 4 nitrogen and oxygen atoms in total. The number of nitrogens with one attached hydrogen (secondary N) is 1. The molecule has 5 heteroatoms. The number of carbonyl (C=O) groups excluding carboxylic acids is 1. The van der Waals surface area contributed by atoms with Gasteiger partial charge in [0.2, 0.25) is 0 Å². The molecular formula is C16H23FN2O2. The number of rotatable bonds is 5. The minimum absolute atomic E-state index is 0.0791. The predicted octanol–water partition coefficient (Wildman–Crippen LogP) is 2.31. The highest BCUT2D eigenvalue weighted by molar-refractivity contribution is 5.74. The molecule has 1 aromatic rings. The van der Waals surface area contributed by atoms with Gasteiger partial charge in [-0.25, -0.2) is 9.18 Å². The summed E-state index contributed by atoms with van der Waals surface area (Å²) in [7, 11) is 0. The van der Waals surface area contributed by atoms with E-state index in [1.165, 1.54) is 12.1 Å². The molecule has 0 saturated carbocycles. The van der Waals surface area contributed by atoms with Gasteiger partial charge in [-0.2, -0.15) is 0 Å². The van der Waals surface area contributed by atoms with Gasteiger partial charge in [-0.15, -0.1) is 0 Å². The van der Waals surface area contributed by atoms with Crippen molar-refractivity contribution in [3.63, 3.8) is 0 Å². The number of benzene rings is 1. The number of piperidine rings is 1. The molecule has 21 heavy (non-hydrogen) atoms. The zero-order valence-corrected chi connectivity index (χ0v) is 12.2. The summed E-state index contributed by atoms with van der Waals surface area (Å²) in [5.41, 5.74) is 0.876. The van der Waals surface area contributed by atoms with E-state index in [0.29, 0.717) is 19.4 Å². The van der Waals surface area contributed by atoms with E-state index in [4.69, 9.17) is 5.11 Å². The van der Waals surface area contributed by atoms with Crippen LogP contribution < -0.4 is 5.32 Å². The molecule has 1 atom stereocenters. The number of hydrogen-bond donors (Lipinski definition) is 2. The molecule has 2 amide bonds. The fourth-order valence-corrected chi connectivity index (χ4v) is 2.82. The predicted molar refractivity (Wildman–Crippen MR) is 79.6 cm³/mol. The fraction of sp³-hybridized carbons (Fsp3) is 0.562. The summed E-state index contributed by atoms with van der Waals surface area (Å²) in [4.78, 5) is 14.0. The van der Waals surface area contributed by atoms with Crippen LogP contribution in [0.4, 0.5) is 9.18 Å². The van der Waals surface area contributed by atoms with Crippen LogP contribution in [0.15, 0.2) is 24.3 Å². The van der Waals surface area contributed by atoms with Crippen LogP contribution in [0.25, 0.3) is 0 Å². The van der Waals surface area contributed by atoms with E-state index in [0.717, 1.165) is 31.4 Å². The Balaban J connectivity index is 1.80. The average molecular weight is 294 g/mol. The van der Waals surface area contributed by atoms with Crippen molar-refractivity contribution in [1.29, 1.82) is 0 Å². The summed E-state index contributed by atoms with van der Waals surface area (Å²) in [6.07, 6.45) is 4.33. The molecule has 0 aromatic heterocycles. The van der Waals surface area contributed by atoms with Crippen molar-refractivity contribution in [3.05, 3.63) is 35.6 Å². The largest absolute Gasteiger partial charge is 0.396 e. The summed E-state index contributed by atoms with van der Waals surface area (Å²) < 4.78 is 13.1. The Hall–Kier alpha value is -1.62. The third kappa shape index (κ3) is 4.70. The second-order valence-electron chi connectivity index (χ2n) is 5.47. The lowest BCUT2D eigenvalue weighted by molar-refractivity contribution is 0.132. The van der Waals surface area contributed by atoms with Crippen molar-refractivity contribution in [1.82, 2.24) is 10.2 Å². The first-order chi connectivity index (χ1) is 10.2. The minimum atomic E-state index is -0.252.